The fourth-order valence-electron chi connectivity index (χ4n) is 1.64. The Morgan fingerprint density at radius 1 is 1.43 bits per heavy atom. The number of halogens is 1. The number of fused-ring (bicyclic) bond motifs is 1. The summed E-state index contributed by atoms with van der Waals surface area (Å²) in [5, 5.41) is 0.524. The molecule has 76 valence electrons. The number of benzene rings is 1. The van der Waals surface area contributed by atoms with Crippen LogP contribution in [0.2, 0.25) is 5.02 Å². The third-order valence-electron chi connectivity index (χ3n) is 2.40. The number of hydrogen-bond acceptors (Lipinski definition) is 3. The first kappa shape index (κ1) is 9.96. The smallest absolute Gasteiger partial charge is 0.178 e. The second-order valence-corrected chi connectivity index (χ2v) is 5.91. The summed E-state index contributed by atoms with van der Waals surface area (Å²) in [6.45, 7) is 0. The Morgan fingerprint density at radius 3 is 2.86 bits per heavy atom. The molecule has 0 spiro atoms. The summed E-state index contributed by atoms with van der Waals surface area (Å²) in [6.07, 6.45) is 0.468. The van der Waals surface area contributed by atoms with Gasteiger partial charge in [-0.15, -0.1) is 0 Å². The van der Waals surface area contributed by atoms with Crippen LogP contribution in [-0.4, -0.2) is 14.2 Å². The maximum Gasteiger partial charge on any atom is 0.178 e. The molecule has 1 aliphatic heterocycles. The molecule has 0 fully saturated rings. The maximum atomic E-state index is 11.6. The van der Waals surface area contributed by atoms with Crippen LogP contribution in [-0.2, 0) is 9.84 Å². The lowest BCUT2D eigenvalue weighted by molar-refractivity contribution is 0.569. The zero-order valence-electron chi connectivity index (χ0n) is 7.40. The van der Waals surface area contributed by atoms with E-state index in [9.17, 15) is 8.42 Å². The molecule has 3 nitrogen and oxygen atoms in total. The van der Waals surface area contributed by atoms with E-state index >= 15 is 0 Å². The van der Waals surface area contributed by atoms with Gasteiger partial charge in [0.2, 0.25) is 0 Å². The lowest BCUT2D eigenvalue weighted by Gasteiger charge is -2.22. The van der Waals surface area contributed by atoms with Crippen molar-refractivity contribution in [1.29, 1.82) is 0 Å². The minimum atomic E-state index is -3.13. The standard InChI is InChI=1S/C9H10ClNO2S/c10-6-1-2-9-7(5-6)8(11)3-4-14(9,12)13/h1-2,5,8H,3-4,11H2. The highest BCUT2D eigenvalue weighted by Gasteiger charge is 2.28. The molecular weight excluding hydrogens is 222 g/mol. The van der Waals surface area contributed by atoms with E-state index in [-0.39, 0.29) is 11.8 Å². The predicted octanol–water partition coefficient (Wildman–Crippen LogP) is 1.52. The highest BCUT2D eigenvalue weighted by molar-refractivity contribution is 7.91. The summed E-state index contributed by atoms with van der Waals surface area (Å²) < 4.78 is 23.3. The van der Waals surface area contributed by atoms with Gasteiger partial charge in [-0.1, -0.05) is 11.6 Å². The van der Waals surface area contributed by atoms with Crippen LogP contribution in [0.15, 0.2) is 23.1 Å². The Kier molecular flexibility index (Phi) is 2.29. The first-order valence-corrected chi connectivity index (χ1v) is 6.31. The molecule has 1 heterocycles. The lowest BCUT2D eigenvalue weighted by Crippen LogP contribution is -2.24. The molecular formula is C9H10ClNO2S. The maximum absolute atomic E-state index is 11.6. The van der Waals surface area contributed by atoms with Crippen LogP contribution in [0, 0.1) is 0 Å². The van der Waals surface area contributed by atoms with Crippen LogP contribution < -0.4 is 5.73 Å². The van der Waals surface area contributed by atoms with Gasteiger partial charge < -0.3 is 5.73 Å². The molecule has 1 aliphatic rings. The molecule has 0 amide bonds. The van der Waals surface area contributed by atoms with Gasteiger partial charge in [-0.2, -0.15) is 0 Å². The second kappa shape index (κ2) is 3.22. The van der Waals surface area contributed by atoms with Crippen molar-refractivity contribution < 1.29 is 8.42 Å². The van der Waals surface area contributed by atoms with Gasteiger partial charge in [0.15, 0.2) is 9.84 Å². The summed E-state index contributed by atoms with van der Waals surface area (Å²) in [7, 11) is -3.13. The highest BCUT2D eigenvalue weighted by atomic mass is 35.5. The molecule has 1 aromatic rings. The average Bonchev–Trinajstić information content (AvgIpc) is 2.12. The van der Waals surface area contributed by atoms with Crippen molar-refractivity contribution in [2.24, 2.45) is 5.73 Å². The molecule has 0 aromatic heterocycles. The Balaban J connectivity index is 2.69. The molecule has 5 heteroatoms. The van der Waals surface area contributed by atoms with Gasteiger partial charge in [-0.05, 0) is 30.2 Å². The Hall–Kier alpha value is -0.580. The van der Waals surface area contributed by atoms with Crippen molar-refractivity contribution in [2.45, 2.75) is 17.4 Å². The van der Waals surface area contributed by atoms with Crippen LogP contribution >= 0.6 is 11.6 Å². The van der Waals surface area contributed by atoms with E-state index in [4.69, 9.17) is 17.3 Å². The molecule has 14 heavy (non-hydrogen) atoms. The Bertz CT molecular complexity index is 470. The number of rotatable bonds is 0. The highest BCUT2D eigenvalue weighted by Crippen LogP contribution is 2.32. The van der Waals surface area contributed by atoms with E-state index in [2.05, 4.69) is 0 Å². The zero-order chi connectivity index (χ0) is 10.3. The fraction of sp³-hybridized carbons (Fsp3) is 0.333. The minimum absolute atomic E-state index is 0.128. The van der Waals surface area contributed by atoms with Gasteiger partial charge in [0, 0.05) is 11.1 Å². The van der Waals surface area contributed by atoms with E-state index in [1.54, 1.807) is 12.1 Å². The van der Waals surface area contributed by atoms with Gasteiger partial charge in [0.05, 0.1) is 10.6 Å². The van der Waals surface area contributed by atoms with Crippen LogP contribution in [0.5, 0.6) is 0 Å². The van der Waals surface area contributed by atoms with E-state index in [1.807, 2.05) is 0 Å². The summed E-state index contributed by atoms with van der Waals surface area (Å²) >= 11 is 5.78. The molecule has 0 aliphatic carbocycles. The Labute approximate surface area is 87.8 Å². The Morgan fingerprint density at radius 2 is 2.14 bits per heavy atom. The fourth-order valence-corrected chi connectivity index (χ4v) is 3.45. The first-order chi connectivity index (χ1) is 6.50. The molecule has 0 bridgehead atoms. The molecule has 2 rings (SSSR count). The van der Waals surface area contributed by atoms with Gasteiger partial charge in [0.1, 0.15) is 0 Å². The lowest BCUT2D eigenvalue weighted by atomic mass is 10.1. The third-order valence-corrected chi connectivity index (χ3v) is 4.45. The molecule has 1 atom stereocenters. The van der Waals surface area contributed by atoms with Crippen LogP contribution in [0.1, 0.15) is 18.0 Å². The van der Waals surface area contributed by atoms with Crippen LogP contribution in [0.4, 0.5) is 0 Å². The normalized spacial score (nSPS) is 24.3. The van der Waals surface area contributed by atoms with Gasteiger partial charge in [-0.25, -0.2) is 8.42 Å². The number of sulfone groups is 1. The van der Waals surface area contributed by atoms with Crippen molar-refractivity contribution in [3.63, 3.8) is 0 Å². The van der Waals surface area contributed by atoms with E-state index < -0.39 is 9.84 Å². The predicted molar refractivity (Wildman–Crippen MR) is 55.1 cm³/mol. The molecule has 1 unspecified atom stereocenters. The van der Waals surface area contributed by atoms with Crippen LogP contribution in [0.3, 0.4) is 0 Å². The van der Waals surface area contributed by atoms with Gasteiger partial charge >= 0.3 is 0 Å². The second-order valence-electron chi connectivity index (χ2n) is 3.40. The molecule has 0 radical (unpaired) electrons. The summed E-state index contributed by atoms with van der Waals surface area (Å²) in [4.78, 5) is 0.334. The van der Waals surface area contributed by atoms with Crippen LogP contribution in [0.25, 0.3) is 0 Å². The number of nitrogens with two attached hydrogens (primary N) is 1. The first-order valence-electron chi connectivity index (χ1n) is 4.28. The zero-order valence-corrected chi connectivity index (χ0v) is 8.98. The molecule has 0 saturated heterocycles. The monoisotopic (exact) mass is 231 g/mol. The van der Waals surface area contributed by atoms with Crippen molar-refractivity contribution >= 4 is 21.4 Å². The van der Waals surface area contributed by atoms with Crippen molar-refractivity contribution in [1.82, 2.24) is 0 Å². The molecule has 1 aromatic carbocycles. The van der Waals surface area contributed by atoms with Crippen molar-refractivity contribution in [3.05, 3.63) is 28.8 Å². The van der Waals surface area contributed by atoms with E-state index in [0.29, 0.717) is 21.9 Å². The summed E-state index contributed by atoms with van der Waals surface area (Å²) in [6, 6.07) is 4.53. The van der Waals surface area contributed by atoms with Gasteiger partial charge in [0.25, 0.3) is 0 Å². The third kappa shape index (κ3) is 1.54. The number of hydrogen-bond donors (Lipinski definition) is 1. The van der Waals surface area contributed by atoms with Gasteiger partial charge in [-0.3, -0.25) is 0 Å². The topological polar surface area (TPSA) is 60.2 Å². The molecule has 2 N–H and O–H groups in total. The van der Waals surface area contributed by atoms with E-state index in [0.717, 1.165) is 0 Å². The average molecular weight is 232 g/mol. The SMILES string of the molecule is NC1CCS(=O)(=O)c2ccc(Cl)cc21. The van der Waals surface area contributed by atoms with Crippen molar-refractivity contribution in [2.75, 3.05) is 5.75 Å². The summed E-state index contributed by atoms with van der Waals surface area (Å²) in [5.74, 6) is 0.128. The quantitative estimate of drug-likeness (QED) is 0.737. The minimum Gasteiger partial charge on any atom is -0.324 e. The van der Waals surface area contributed by atoms with E-state index in [1.165, 1.54) is 6.07 Å². The van der Waals surface area contributed by atoms with Crippen molar-refractivity contribution in [3.8, 4) is 0 Å². The molecule has 0 saturated carbocycles. The summed E-state index contributed by atoms with van der Waals surface area (Å²) in [5.41, 5.74) is 6.46. The largest absolute Gasteiger partial charge is 0.324 e.